The highest BCUT2D eigenvalue weighted by Crippen LogP contribution is 2.29. The zero-order chi connectivity index (χ0) is 17.7. The molecule has 1 saturated heterocycles. The predicted octanol–water partition coefficient (Wildman–Crippen LogP) is 1.69. The Morgan fingerprint density at radius 2 is 2.08 bits per heavy atom. The highest BCUT2D eigenvalue weighted by atomic mass is 127. The van der Waals surface area contributed by atoms with E-state index in [9.17, 15) is 13.2 Å². The minimum absolute atomic E-state index is 0. The Labute approximate surface area is 166 Å². The van der Waals surface area contributed by atoms with Crippen LogP contribution in [0.4, 0.5) is 13.2 Å². The molecular formula is C14H24F3IN6S. The van der Waals surface area contributed by atoms with Crippen molar-refractivity contribution in [2.24, 2.45) is 4.99 Å². The second-order valence-electron chi connectivity index (χ2n) is 5.83. The Morgan fingerprint density at radius 1 is 1.36 bits per heavy atom. The van der Waals surface area contributed by atoms with Gasteiger partial charge in [-0.2, -0.15) is 13.2 Å². The maximum Gasteiger partial charge on any atom is 0.434 e. The Kier molecular flexibility index (Phi) is 8.84. The summed E-state index contributed by atoms with van der Waals surface area (Å²) < 4.78 is 37.6. The lowest BCUT2D eigenvalue weighted by Crippen LogP contribution is -2.55. The zero-order valence-electron chi connectivity index (χ0n) is 14.4. The number of nitrogens with one attached hydrogen (secondary N) is 2. The number of aromatic nitrogens is 1. The molecule has 0 saturated carbocycles. The molecule has 6 nitrogen and oxygen atoms in total. The smallest absolute Gasteiger partial charge is 0.355 e. The number of likely N-dealkylation sites (N-methyl/N-ethyl adjacent to an activating group) is 2. The quantitative estimate of drug-likeness (QED) is 0.381. The van der Waals surface area contributed by atoms with Crippen molar-refractivity contribution in [3.63, 3.8) is 0 Å². The summed E-state index contributed by atoms with van der Waals surface area (Å²) in [7, 11) is 5.81. The summed E-state index contributed by atoms with van der Waals surface area (Å²) in [5.74, 6) is 0.556. The van der Waals surface area contributed by atoms with Crippen LogP contribution in [0.15, 0.2) is 10.4 Å². The first-order valence-corrected chi connectivity index (χ1v) is 8.52. The SMILES string of the molecule is CN=C(NCc1nc(C(F)(F)F)cs1)NCC1CN(C)CCN1C.I. The summed E-state index contributed by atoms with van der Waals surface area (Å²) in [6.07, 6.45) is -4.40. The van der Waals surface area contributed by atoms with Crippen LogP contribution in [0.1, 0.15) is 10.7 Å². The number of halogens is 4. The van der Waals surface area contributed by atoms with Gasteiger partial charge < -0.3 is 15.5 Å². The van der Waals surface area contributed by atoms with Crippen molar-refractivity contribution in [3.8, 4) is 0 Å². The molecular weight excluding hydrogens is 468 g/mol. The second-order valence-corrected chi connectivity index (χ2v) is 6.77. The Morgan fingerprint density at radius 3 is 2.68 bits per heavy atom. The van der Waals surface area contributed by atoms with E-state index in [0.29, 0.717) is 23.6 Å². The van der Waals surface area contributed by atoms with Gasteiger partial charge in [-0.05, 0) is 14.1 Å². The molecule has 144 valence electrons. The van der Waals surface area contributed by atoms with Gasteiger partial charge in [0, 0.05) is 44.6 Å². The minimum Gasteiger partial charge on any atom is -0.355 e. The van der Waals surface area contributed by atoms with Gasteiger partial charge in [0.2, 0.25) is 0 Å². The summed E-state index contributed by atoms with van der Waals surface area (Å²) in [4.78, 5) is 12.3. The summed E-state index contributed by atoms with van der Waals surface area (Å²) in [5.41, 5.74) is -0.848. The average molecular weight is 492 g/mol. The number of alkyl halides is 3. The Hall–Kier alpha value is -0.660. The van der Waals surface area contributed by atoms with Crippen molar-refractivity contribution < 1.29 is 13.2 Å². The number of piperazine rings is 1. The number of hydrogen-bond acceptors (Lipinski definition) is 5. The minimum atomic E-state index is -4.40. The first kappa shape index (κ1) is 22.4. The van der Waals surface area contributed by atoms with E-state index in [2.05, 4.69) is 44.5 Å². The number of hydrogen-bond donors (Lipinski definition) is 2. The standard InChI is InChI=1S/C14H23F3N6S.HI/c1-18-13(19-6-10-8-22(2)4-5-23(10)3)20-7-12-21-11(9-24-12)14(15,16)17;/h9-10H,4-8H2,1-3H3,(H2,18,19,20);1H. The lowest BCUT2D eigenvalue weighted by atomic mass is 10.2. The zero-order valence-corrected chi connectivity index (χ0v) is 17.6. The first-order valence-electron chi connectivity index (χ1n) is 7.64. The third-order valence-corrected chi connectivity index (χ3v) is 4.81. The molecule has 2 rings (SSSR count). The summed E-state index contributed by atoms with van der Waals surface area (Å²) in [6.45, 7) is 3.94. The molecule has 0 aromatic carbocycles. The highest BCUT2D eigenvalue weighted by molar-refractivity contribution is 14.0. The molecule has 11 heteroatoms. The monoisotopic (exact) mass is 492 g/mol. The average Bonchev–Trinajstić information content (AvgIpc) is 3.00. The van der Waals surface area contributed by atoms with Crippen molar-refractivity contribution in [2.75, 3.05) is 47.3 Å². The molecule has 0 radical (unpaired) electrons. The molecule has 0 spiro atoms. The van der Waals surface area contributed by atoms with E-state index in [1.807, 2.05) is 0 Å². The lowest BCUT2D eigenvalue weighted by molar-refractivity contribution is -0.140. The van der Waals surface area contributed by atoms with Gasteiger partial charge in [0.05, 0.1) is 6.54 Å². The molecule has 0 bridgehead atoms. The topological polar surface area (TPSA) is 55.8 Å². The number of aliphatic imine (C=N–C) groups is 1. The Balaban J connectivity index is 0.00000312. The lowest BCUT2D eigenvalue weighted by Gasteiger charge is -2.37. The maximum absolute atomic E-state index is 12.5. The summed E-state index contributed by atoms with van der Waals surface area (Å²) >= 11 is 0.984. The van der Waals surface area contributed by atoms with Crippen LogP contribution >= 0.6 is 35.3 Å². The molecule has 1 aliphatic heterocycles. The molecule has 0 amide bonds. The number of rotatable bonds is 4. The van der Waals surface area contributed by atoms with E-state index in [1.165, 1.54) is 0 Å². The predicted molar refractivity (Wildman–Crippen MR) is 105 cm³/mol. The molecule has 2 heterocycles. The fraction of sp³-hybridized carbons (Fsp3) is 0.714. The number of guanidine groups is 1. The van der Waals surface area contributed by atoms with E-state index >= 15 is 0 Å². The summed E-state index contributed by atoms with van der Waals surface area (Å²) in [5, 5.41) is 7.63. The van der Waals surface area contributed by atoms with Crippen LogP contribution in [0.2, 0.25) is 0 Å². The van der Waals surface area contributed by atoms with E-state index in [-0.39, 0.29) is 30.5 Å². The number of nitrogens with zero attached hydrogens (tertiary/aromatic N) is 4. The van der Waals surface area contributed by atoms with Gasteiger partial charge in [-0.3, -0.25) is 9.89 Å². The van der Waals surface area contributed by atoms with Crippen LogP contribution in [-0.4, -0.2) is 74.1 Å². The Bertz CT molecular complexity index is 565. The van der Waals surface area contributed by atoms with Crippen molar-refractivity contribution >= 4 is 41.3 Å². The van der Waals surface area contributed by atoms with Crippen molar-refractivity contribution in [1.82, 2.24) is 25.4 Å². The molecule has 2 N–H and O–H groups in total. The fourth-order valence-electron chi connectivity index (χ4n) is 2.44. The molecule has 1 unspecified atom stereocenters. The van der Waals surface area contributed by atoms with Crippen LogP contribution in [0.3, 0.4) is 0 Å². The molecule has 1 atom stereocenters. The second kappa shape index (κ2) is 9.88. The van der Waals surface area contributed by atoms with Gasteiger partial charge in [0.25, 0.3) is 0 Å². The maximum atomic E-state index is 12.5. The van der Waals surface area contributed by atoms with E-state index < -0.39 is 11.9 Å². The van der Waals surface area contributed by atoms with Crippen molar-refractivity contribution in [3.05, 3.63) is 16.1 Å². The number of thiazole rings is 1. The van der Waals surface area contributed by atoms with E-state index in [4.69, 9.17) is 0 Å². The largest absolute Gasteiger partial charge is 0.434 e. The van der Waals surface area contributed by atoms with Crippen LogP contribution in [-0.2, 0) is 12.7 Å². The van der Waals surface area contributed by atoms with E-state index in [0.717, 1.165) is 36.4 Å². The van der Waals surface area contributed by atoms with Crippen LogP contribution < -0.4 is 10.6 Å². The third kappa shape index (κ3) is 6.87. The van der Waals surface area contributed by atoms with Crippen LogP contribution in [0.5, 0.6) is 0 Å². The van der Waals surface area contributed by atoms with Gasteiger partial charge in [0.1, 0.15) is 5.01 Å². The van der Waals surface area contributed by atoms with Gasteiger partial charge in [-0.15, -0.1) is 35.3 Å². The normalized spacial score (nSPS) is 20.2. The summed E-state index contributed by atoms with van der Waals surface area (Å²) in [6, 6.07) is 0.360. The molecule has 1 aromatic rings. The first-order chi connectivity index (χ1) is 11.3. The highest BCUT2D eigenvalue weighted by Gasteiger charge is 2.33. The van der Waals surface area contributed by atoms with E-state index in [1.54, 1.807) is 7.05 Å². The third-order valence-electron chi connectivity index (χ3n) is 3.96. The van der Waals surface area contributed by atoms with Gasteiger partial charge in [-0.1, -0.05) is 0 Å². The van der Waals surface area contributed by atoms with Crippen LogP contribution in [0.25, 0.3) is 0 Å². The van der Waals surface area contributed by atoms with Gasteiger partial charge in [-0.25, -0.2) is 4.98 Å². The molecule has 25 heavy (non-hydrogen) atoms. The molecule has 1 fully saturated rings. The van der Waals surface area contributed by atoms with Crippen molar-refractivity contribution in [2.45, 2.75) is 18.8 Å². The van der Waals surface area contributed by atoms with Gasteiger partial charge >= 0.3 is 6.18 Å². The molecule has 1 aliphatic rings. The molecule has 0 aliphatic carbocycles. The fourth-order valence-corrected chi connectivity index (χ4v) is 3.18. The van der Waals surface area contributed by atoms with Crippen LogP contribution in [0, 0.1) is 0 Å². The van der Waals surface area contributed by atoms with Gasteiger partial charge in [0.15, 0.2) is 11.7 Å². The van der Waals surface area contributed by atoms with Crippen molar-refractivity contribution in [1.29, 1.82) is 0 Å². The molecule has 1 aromatic heterocycles.